The van der Waals surface area contributed by atoms with Crippen LogP contribution < -0.4 is 9.47 Å². The molecule has 0 atom stereocenters. The van der Waals surface area contributed by atoms with E-state index in [1.807, 2.05) is 13.0 Å². The highest BCUT2D eigenvalue weighted by Gasteiger charge is 2.30. The quantitative estimate of drug-likeness (QED) is 0.408. The molecule has 1 amide bonds. The van der Waals surface area contributed by atoms with E-state index in [9.17, 15) is 9.18 Å². The number of halogens is 2. The van der Waals surface area contributed by atoms with Crippen LogP contribution in [0.25, 0.3) is 6.08 Å². The molecule has 0 unspecified atom stereocenters. The van der Waals surface area contributed by atoms with Crippen LogP contribution in [0.5, 0.6) is 11.5 Å². The van der Waals surface area contributed by atoms with Crippen molar-refractivity contribution in [3.05, 3.63) is 62.7 Å². The van der Waals surface area contributed by atoms with Crippen LogP contribution >= 0.6 is 39.9 Å². The molecule has 0 aliphatic carbocycles. The second-order valence-electron chi connectivity index (χ2n) is 5.88. The van der Waals surface area contributed by atoms with E-state index in [4.69, 9.17) is 21.7 Å². The fraction of sp³-hybridized carbons (Fsp3) is 0.200. The molecule has 1 saturated heterocycles. The number of benzene rings is 2. The molecule has 146 valence electrons. The van der Waals surface area contributed by atoms with Gasteiger partial charge in [-0.05, 0) is 64.3 Å². The van der Waals surface area contributed by atoms with Crippen molar-refractivity contribution < 1.29 is 18.7 Å². The fourth-order valence-corrected chi connectivity index (χ4v) is 4.58. The summed E-state index contributed by atoms with van der Waals surface area (Å²) in [4.78, 5) is 14.5. The second kappa shape index (κ2) is 9.07. The first-order valence-electron chi connectivity index (χ1n) is 8.43. The third-order valence-electron chi connectivity index (χ3n) is 4.04. The Morgan fingerprint density at radius 2 is 2.00 bits per heavy atom. The molecule has 1 fully saturated rings. The Morgan fingerprint density at radius 1 is 1.29 bits per heavy atom. The van der Waals surface area contributed by atoms with Gasteiger partial charge in [-0.15, -0.1) is 0 Å². The standard InChI is InChI=1S/C20H17BrFNO3S2/c1-3-23-19(24)17(28-20(23)27)10-13-8-15(21)18(16(9-13)25-2)26-11-12-4-6-14(22)7-5-12/h4-10H,3,11H2,1-2H3. The average Bonchev–Trinajstić information content (AvgIpc) is 2.94. The Balaban J connectivity index is 1.83. The van der Waals surface area contributed by atoms with E-state index in [-0.39, 0.29) is 18.3 Å². The molecule has 0 N–H and O–H groups in total. The van der Waals surface area contributed by atoms with Crippen LogP contribution in [0.15, 0.2) is 45.8 Å². The largest absolute Gasteiger partial charge is 0.493 e. The van der Waals surface area contributed by atoms with Crippen LogP contribution in [-0.2, 0) is 11.4 Å². The van der Waals surface area contributed by atoms with Gasteiger partial charge in [-0.3, -0.25) is 9.69 Å². The number of methoxy groups -OCH3 is 1. The molecular weight excluding hydrogens is 465 g/mol. The summed E-state index contributed by atoms with van der Waals surface area (Å²) in [5, 5.41) is 0. The summed E-state index contributed by atoms with van der Waals surface area (Å²) in [6.45, 7) is 2.70. The third kappa shape index (κ3) is 4.56. The lowest BCUT2D eigenvalue weighted by Crippen LogP contribution is -2.27. The van der Waals surface area contributed by atoms with Crippen molar-refractivity contribution in [2.75, 3.05) is 13.7 Å². The highest BCUT2D eigenvalue weighted by Crippen LogP contribution is 2.39. The van der Waals surface area contributed by atoms with Gasteiger partial charge < -0.3 is 9.47 Å². The van der Waals surface area contributed by atoms with Gasteiger partial charge in [0.1, 0.15) is 16.7 Å². The average molecular weight is 482 g/mol. The number of hydrogen-bond acceptors (Lipinski definition) is 5. The van der Waals surface area contributed by atoms with Gasteiger partial charge in [0.25, 0.3) is 5.91 Å². The molecule has 3 rings (SSSR count). The van der Waals surface area contributed by atoms with Crippen molar-refractivity contribution in [3.63, 3.8) is 0 Å². The van der Waals surface area contributed by atoms with E-state index in [0.717, 1.165) is 11.1 Å². The Kier molecular flexibility index (Phi) is 6.74. The number of carbonyl (C=O) groups excluding carboxylic acids is 1. The number of amides is 1. The summed E-state index contributed by atoms with van der Waals surface area (Å²) >= 11 is 10.0. The summed E-state index contributed by atoms with van der Waals surface area (Å²) in [5.41, 5.74) is 1.62. The third-order valence-corrected chi connectivity index (χ3v) is 6.00. The van der Waals surface area contributed by atoms with Crippen molar-refractivity contribution >= 4 is 56.2 Å². The molecule has 1 aliphatic rings. The van der Waals surface area contributed by atoms with Crippen molar-refractivity contribution in [2.45, 2.75) is 13.5 Å². The predicted molar refractivity (Wildman–Crippen MR) is 117 cm³/mol. The van der Waals surface area contributed by atoms with Gasteiger partial charge >= 0.3 is 0 Å². The molecule has 0 radical (unpaired) electrons. The van der Waals surface area contributed by atoms with E-state index in [2.05, 4.69) is 15.9 Å². The van der Waals surface area contributed by atoms with E-state index < -0.39 is 0 Å². The van der Waals surface area contributed by atoms with Crippen LogP contribution in [0.4, 0.5) is 4.39 Å². The van der Waals surface area contributed by atoms with Gasteiger partial charge in [0, 0.05) is 6.54 Å². The summed E-state index contributed by atoms with van der Waals surface area (Å²) in [5.74, 6) is 0.670. The van der Waals surface area contributed by atoms with Gasteiger partial charge in [0.2, 0.25) is 0 Å². The van der Waals surface area contributed by atoms with Crippen LogP contribution in [0.2, 0.25) is 0 Å². The zero-order valence-electron chi connectivity index (χ0n) is 15.2. The molecule has 0 aromatic heterocycles. The van der Waals surface area contributed by atoms with E-state index in [1.54, 1.807) is 36.3 Å². The molecule has 1 aliphatic heterocycles. The van der Waals surface area contributed by atoms with Crippen molar-refractivity contribution in [2.24, 2.45) is 0 Å². The Morgan fingerprint density at radius 3 is 2.61 bits per heavy atom. The summed E-state index contributed by atoms with van der Waals surface area (Å²) in [6, 6.07) is 9.75. The van der Waals surface area contributed by atoms with Crippen molar-refractivity contribution in [1.82, 2.24) is 4.90 Å². The van der Waals surface area contributed by atoms with Crippen molar-refractivity contribution in [1.29, 1.82) is 0 Å². The minimum Gasteiger partial charge on any atom is -0.493 e. The first-order valence-corrected chi connectivity index (χ1v) is 10.4. The van der Waals surface area contributed by atoms with Crippen LogP contribution in [-0.4, -0.2) is 28.8 Å². The number of hydrogen-bond donors (Lipinski definition) is 0. The van der Waals surface area contributed by atoms with Gasteiger partial charge in [0.15, 0.2) is 11.5 Å². The highest BCUT2D eigenvalue weighted by atomic mass is 79.9. The molecule has 2 aromatic rings. The van der Waals surface area contributed by atoms with Crippen LogP contribution in [0.1, 0.15) is 18.1 Å². The predicted octanol–water partition coefficient (Wildman–Crippen LogP) is 5.40. The van der Waals surface area contributed by atoms with Crippen LogP contribution in [0.3, 0.4) is 0 Å². The van der Waals surface area contributed by atoms with Crippen molar-refractivity contribution in [3.8, 4) is 11.5 Å². The topological polar surface area (TPSA) is 38.8 Å². The molecule has 4 nitrogen and oxygen atoms in total. The Bertz CT molecular complexity index is 947. The molecule has 2 aromatic carbocycles. The second-order valence-corrected chi connectivity index (χ2v) is 8.41. The number of carbonyl (C=O) groups is 1. The maximum absolute atomic E-state index is 13.0. The van der Waals surface area contributed by atoms with Gasteiger partial charge in [0.05, 0.1) is 16.5 Å². The van der Waals surface area contributed by atoms with E-state index >= 15 is 0 Å². The minimum atomic E-state index is -0.291. The van der Waals surface area contributed by atoms with Gasteiger partial charge in [-0.1, -0.05) is 36.1 Å². The highest BCUT2D eigenvalue weighted by molar-refractivity contribution is 9.10. The smallest absolute Gasteiger partial charge is 0.266 e. The normalized spacial score (nSPS) is 15.4. The Labute approximate surface area is 180 Å². The molecule has 8 heteroatoms. The fourth-order valence-electron chi connectivity index (χ4n) is 2.62. The molecular formula is C20H17BrFNO3S2. The molecule has 28 heavy (non-hydrogen) atoms. The SMILES string of the molecule is CCN1C(=O)C(=Cc2cc(Br)c(OCc3ccc(F)cc3)c(OC)c2)SC1=S. The molecule has 0 saturated carbocycles. The molecule has 0 bridgehead atoms. The maximum atomic E-state index is 13.0. The first-order chi connectivity index (χ1) is 13.4. The lowest BCUT2D eigenvalue weighted by Gasteiger charge is -2.14. The number of ether oxygens (including phenoxy) is 2. The summed E-state index contributed by atoms with van der Waals surface area (Å²) < 4.78 is 25.6. The lowest BCUT2D eigenvalue weighted by molar-refractivity contribution is -0.121. The zero-order valence-corrected chi connectivity index (χ0v) is 18.4. The summed E-state index contributed by atoms with van der Waals surface area (Å²) in [6.07, 6.45) is 1.78. The first kappa shape index (κ1) is 20.8. The number of thioether (sulfide) groups is 1. The van der Waals surface area contributed by atoms with E-state index in [0.29, 0.717) is 31.7 Å². The number of rotatable bonds is 6. The Hall–Kier alpha value is -1.90. The maximum Gasteiger partial charge on any atom is 0.266 e. The monoisotopic (exact) mass is 481 g/mol. The molecule has 0 spiro atoms. The number of thiocarbonyl (C=S) groups is 1. The lowest BCUT2D eigenvalue weighted by atomic mass is 10.1. The summed E-state index contributed by atoms with van der Waals surface area (Å²) in [7, 11) is 1.55. The minimum absolute atomic E-state index is 0.0933. The van der Waals surface area contributed by atoms with Gasteiger partial charge in [-0.2, -0.15) is 0 Å². The van der Waals surface area contributed by atoms with Gasteiger partial charge in [-0.25, -0.2) is 4.39 Å². The van der Waals surface area contributed by atoms with E-state index in [1.165, 1.54) is 23.9 Å². The van der Waals surface area contributed by atoms with Crippen LogP contribution in [0, 0.1) is 5.82 Å². The number of likely N-dealkylation sites (N-methyl/N-ethyl adjacent to an activating group) is 1. The molecule has 1 heterocycles. The zero-order chi connectivity index (χ0) is 20.3. The number of nitrogens with zero attached hydrogens (tertiary/aromatic N) is 1.